The summed E-state index contributed by atoms with van der Waals surface area (Å²) in [5, 5.41) is 11.1. The van der Waals surface area contributed by atoms with Crippen molar-refractivity contribution in [3.05, 3.63) is 133 Å². The first kappa shape index (κ1) is 24.2. The van der Waals surface area contributed by atoms with Gasteiger partial charge < -0.3 is 4.98 Å². The number of hydrogen-bond acceptors (Lipinski definition) is 1. The van der Waals surface area contributed by atoms with Gasteiger partial charge in [-0.15, -0.1) is 11.0 Å². The van der Waals surface area contributed by atoms with Crippen molar-refractivity contribution in [1.82, 2.24) is 14.1 Å². The third kappa shape index (κ3) is 4.57. The SMILES string of the molecule is C1=[N+](c2ccccc2)c2ccccc2[N+]=1c1ccccc1.N#Cc1cccc2[n-]c3ccccc3c12.[Au+]. The maximum Gasteiger partial charge on any atom is 1.00 e. The molecule has 1 aromatic heterocycles. The van der Waals surface area contributed by atoms with Crippen molar-refractivity contribution in [3.8, 4) is 6.07 Å². The second-order valence-electron chi connectivity index (χ2n) is 8.37. The van der Waals surface area contributed by atoms with E-state index >= 15 is 0 Å². The van der Waals surface area contributed by atoms with Crippen LogP contribution in [0.25, 0.3) is 21.8 Å². The van der Waals surface area contributed by atoms with Crippen LogP contribution in [0, 0.1) is 11.3 Å². The van der Waals surface area contributed by atoms with Gasteiger partial charge in [-0.25, -0.2) is 0 Å². The quantitative estimate of drug-likeness (QED) is 0.144. The van der Waals surface area contributed by atoms with Crippen LogP contribution < -0.4 is 14.1 Å². The molecule has 0 saturated carbocycles. The largest absolute Gasteiger partial charge is 1.00 e. The zero-order valence-electron chi connectivity index (χ0n) is 19.7. The number of nitriles is 1. The van der Waals surface area contributed by atoms with Gasteiger partial charge >= 0.3 is 28.4 Å². The molecule has 37 heavy (non-hydrogen) atoms. The maximum absolute atomic E-state index is 9.04. The Kier molecular flexibility index (Phi) is 6.96. The fourth-order valence-corrected chi connectivity index (χ4v) is 4.52. The van der Waals surface area contributed by atoms with Gasteiger partial charge in [-0.05, 0) is 26.0 Å². The monoisotopic (exact) mass is 658 g/mol. The molecule has 2 heterocycles. The second-order valence-corrected chi connectivity index (χ2v) is 8.37. The predicted octanol–water partition coefficient (Wildman–Crippen LogP) is 7.36. The average Bonchev–Trinajstić information content (AvgIpc) is 3.53. The Morgan fingerprint density at radius 1 is 0.568 bits per heavy atom. The molecule has 0 N–H and O–H groups in total. The first-order chi connectivity index (χ1) is 17.8. The van der Waals surface area contributed by atoms with E-state index in [1.54, 1.807) is 0 Å². The molecule has 0 aliphatic carbocycles. The number of benzene rings is 5. The Morgan fingerprint density at radius 3 is 1.68 bits per heavy atom. The molecule has 1 aliphatic rings. The molecular formula is C32H21AuN4+2. The summed E-state index contributed by atoms with van der Waals surface area (Å²) < 4.78 is 4.20. The molecule has 0 unspecified atom stereocenters. The van der Waals surface area contributed by atoms with E-state index in [0.717, 1.165) is 44.6 Å². The average molecular weight is 659 g/mol. The molecule has 0 amide bonds. The molecule has 6 aromatic rings. The van der Waals surface area contributed by atoms with Gasteiger partial charge in [0.05, 0.1) is 11.6 Å². The molecule has 178 valence electrons. The number of hydrogen-bond donors (Lipinski definition) is 0. The van der Waals surface area contributed by atoms with Crippen LogP contribution in [0.15, 0.2) is 127 Å². The van der Waals surface area contributed by atoms with Crippen molar-refractivity contribution in [2.75, 3.05) is 0 Å². The van der Waals surface area contributed by atoms with Gasteiger partial charge in [-0.3, -0.25) is 0 Å². The van der Waals surface area contributed by atoms with Gasteiger partial charge in [-0.2, -0.15) is 5.26 Å². The van der Waals surface area contributed by atoms with Crippen molar-refractivity contribution in [2.45, 2.75) is 0 Å². The van der Waals surface area contributed by atoms with Crippen molar-refractivity contribution in [2.24, 2.45) is 0 Å². The van der Waals surface area contributed by atoms with Crippen LogP contribution in [0.5, 0.6) is 0 Å². The summed E-state index contributed by atoms with van der Waals surface area (Å²) in [6.07, 6.45) is 0. The molecule has 0 atom stereocenters. The molecule has 0 radical (unpaired) electrons. The minimum absolute atomic E-state index is 0. The van der Waals surface area contributed by atoms with E-state index in [4.69, 9.17) is 5.26 Å². The number of rotatable bonds is 2. The molecule has 5 heteroatoms. The van der Waals surface area contributed by atoms with E-state index in [2.05, 4.69) is 74.7 Å². The van der Waals surface area contributed by atoms with Crippen LogP contribution in [0.3, 0.4) is 0 Å². The summed E-state index contributed by atoms with van der Waals surface area (Å²) in [5.41, 5.74) is 7.07. The third-order valence-electron chi connectivity index (χ3n) is 6.17. The van der Waals surface area contributed by atoms with E-state index in [0.29, 0.717) is 5.56 Å². The standard InChI is InChI=1S/C19H14N2.C13H7N2.Au/c1-3-9-16(10-4-1)20-15-21(17-11-5-2-6-12-17)19-14-8-7-13-18(19)20;14-8-9-4-3-7-12-13(9)10-5-1-2-6-11(10)15-12;/h1-14H;1-7H;/q+2;-1;+1. The van der Waals surface area contributed by atoms with Gasteiger partial charge in [0.15, 0.2) is 0 Å². The van der Waals surface area contributed by atoms with Crippen LogP contribution in [0.4, 0.5) is 22.7 Å². The molecule has 0 fully saturated rings. The van der Waals surface area contributed by atoms with Gasteiger partial charge in [-0.1, -0.05) is 84.9 Å². The summed E-state index contributed by atoms with van der Waals surface area (Å²) >= 11 is 0. The number of aromatic nitrogens is 1. The first-order valence-electron chi connectivity index (χ1n) is 11.7. The van der Waals surface area contributed by atoms with Crippen LogP contribution in [-0.4, -0.2) is 6.01 Å². The Labute approximate surface area is 230 Å². The smallest absolute Gasteiger partial charge is 0.657 e. The van der Waals surface area contributed by atoms with Gasteiger partial charge in [0, 0.05) is 36.4 Å². The third-order valence-corrected chi connectivity index (χ3v) is 6.17. The van der Waals surface area contributed by atoms with Crippen molar-refractivity contribution < 1.29 is 22.4 Å². The molecule has 1 aliphatic heterocycles. The molecule has 4 nitrogen and oxygen atoms in total. The van der Waals surface area contributed by atoms with Crippen molar-refractivity contribution in [3.63, 3.8) is 0 Å². The minimum atomic E-state index is 0. The van der Waals surface area contributed by atoms with E-state index in [1.807, 2.05) is 78.9 Å². The molecule has 5 aromatic carbocycles. The zero-order chi connectivity index (χ0) is 24.3. The van der Waals surface area contributed by atoms with Gasteiger partial charge in [0.25, 0.3) is 11.4 Å². The predicted molar refractivity (Wildman–Crippen MR) is 147 cm³/mol. The van der Waals surface area contributed by atoms with Crippen molar-refractivity contribution in [1.29, 1.82) is 5.26 Å². The first-order valence-corrected chi connectivity index (χ1v) is 11.7. The fraction of sp³-hybridized carbons (Fsp3) is 0. The molecule has 0 bridgehead atoms. The van der Waals surface area contributed by atoms with Crippen LogP contribution in [0.2, 0.25) is 0 Å². The second kappa shape index (κ2) is 10.6. The Balaban J connectivity index is 0.000000155. The van der Waals surface area contributed by atoms with Gasteiger partial charge in [0.1, 0.15) is 0 Å². The molecular weight excluding hydrogens is 637 g/mol. The van der Waals surface area contributed by atoms with E-state index < -0.39 is 0 Å². The normalized spacial score (nSPS) is 11.4. The molecule has 0 spiro atoms. The summed E-state index contributed by atoms with van der Waals surface area (Å²) in [6, 6.07) is 48.2. The Hall–Kier alpha value is -4.49. The topological polar surface area (TPSA) is 43.9 Å². The van der Waals surface area contributed by atoms with Gasteiger partial charge in [0.2, 0.25) is 11.4 Å². The summed E-state index contributed by atoms with van der Waals surface area (Å²) in [7, 11) is 0. The van der Waals surface area contributed by atoms with E-state index in [9.17, 15) is 0 Å². The summed E-state index contributed by atoms with van der Waals surface area (Å²) in [4.78, 5) is 4.47. The number of nitrogens with zero attached hydrogens (tertiary/aromatic N) is 4. The maximum atomic E-state index is 9.04. The minimum Gasteiger partial charge on any atom is -0.657 e. The Bertz CT molecular complexity index is 1750. The summed E-state index contributed by atoms with van der Waals surface area (Å²) in [5.74, 6) is 0. The zero-order valence-corrected chi connectivity index (χ0v) is 21.9. The van der Waals surface area contributed by atoms with Crippen molar-refractivity contribution >= 4 is 50.6 Å². The van der Waals surface area contributed by atoms with Crippen LogP contribution in [-0.2, 0) is 22.4 Å². The summed E-state index contributed by atoms with van der Waals surface area (Å²) in [6.45, 7) is 0. The van der Waals surface area contributed by atoms with Crippen LogP contribution >= 0.6 is 0 Å². The number of fused-ring (bicyclic) bond motifs is 4. The van der Waals surface area contributed by atoms with E-state index in [1.165, 1.54) is 0 Å². The molecule has 7 rings (SSSR count). The van der Waals surface area contributed by atoms with Crippen LogP contribution in [0.1, 0.15) is 5.56 Å². The van der Waals surface area contributed by atoms with E-state index in [-0.39, 0.29) is 22.4 Å². The number of para-hydroxylation sites is 5. The Morgan fingerprint density at radius 2 is 1.08 bits per heavy atom. The molecule has 0 saturated heterocycles. The fourth-order valence-electron chi connectivity index (χ4n) is 4.52.